The summed E-state index contributed by atoms with van der Waals surface area (Å²) in [6.45, 7) is 1.77. The molecule has 0 fully saturated rings. The van der Waals surface area contributed by atoms with Crippen molar-refractivity contribution in [1.29, 1.82) is 0 Å². The minimum atomic E-state index is -0.441. The van der Waals surface area contributed by atoms with Crippen molar-refractivity contribution < 1.29 is 4.79 Å². The minimum absolute atomic E-state index is 0.225. The number of para-hydroxylation sites is 1. The number of tetrazole rings is 1. The number of nitrogens with one attached hydrogen (secondary N) is 1. The predicted molar refractivity (Wildman–Crippen MR) is 99.6 cm³/mol. The Labute approximate surface area is 158 Å². The average molecular weight is 394 g/mol. The van der Waals surface area contributed by atoms with Gasteiger partial charge in [-0.2, -0.15) is 4.68 Å². The number of carbonyl (C=O) groups excluding carboxylic acids is 1. The third-order valence-electron chi connectivity index (χ3n) is 3.30. The van der Waals surface area contributed by atoms with Crippen LogP contribution in [0.5, 0.6) is 0 Å². The molecule has 1 atom stereocenters. The molecule has 0 radical (unpaired) electrons. The number of carbonyl (C=O) groups is 1. The topological polar surface area (TPSA) is 72.7 Å². The quantitative estimate of drug-likeness (QED) is 0.660. The van der Waals surface area contributed by atoms with Gasteiger partial charge in [0, 0.05) is 0 Å². The molecular weight excluding hydrogens is 381 g/mol. The highest BCUT2D eigenvalue weighted by atomic mass is 35.5. The molecule has 25 heavy (non-hydrogen) atoms. The van der Waals surface area contributed by atoms with Crippen LogP contribution in [0.3, 0.4) is 0 Å². The Morgan fingerprint density at radius 1 is 1.16 bits per heavy atom. The zero-order valence-corrected chi connectivity index (χ0v) is 15.4. The molecule has 9 heteroatoms. The molecule has 0 bridgehead atoms. The van der Waals surface area contributed by atoms with E-state index in [2.05, 4.69) is 20.8 Å². The first-order valence-electron chi connectivity index (χ1n) is 7.31. The van der Waals surface area contributed by atoms with Crippen molar-refractivity contribution in [3.63, 3.8) is 0 Å². The Kier molecular flexibility index (Phi) is 5.57. The van der Waals surface area contributed by atoms with E-state index >= 15 is 0 Å². The van der Waals surface area contributed by atoms with Gasteiger partial charge in [-0.1, -0.05) is 59.2 Å². The highest BCUT2D eigenvalue weighted by Gasteiger charge is 2.20. The number of nitrogens with zero attached hydrogens (tertiary/aromatic N) is 4. The van der Waals surface area contributed by atoms with Gasteiger partial charge >= 0.3 is 0 Å². The smallest absolute Gasteiger partial charge is 0.237 e. The molecule has 0 saturated carbocycles. The number of hydrogen-bond acceptors (Lipinski definition) is 5. The van der Waals surface area contributed by atoms with Crippen molar-refractivity contribution in [3.05, 3.63) is 58.6 Å². The third-order valence-corrected chi connectivity index (χ3v) is 5.15. The van der Waals surface area contributed by atoms with Crippen LogP contribution in [0, 0.1) is 0 Å². The van der Waals surface area contributed by atoms with E-state index in [1.165, 1.54) is 11.8 Å². The lowest BCUT2D eigenvalue weighted by atomic mass is 10.3. The summed E-state index contributed by atoms with van der Waals surface area (Å²) in [6.07, 6.45) is 0. The Morgan fingerprint density at radius 3 is 2.68 bits per heavy atom. The highest BCUT2D eigenvalue weighted by Crippen LogP contribution is 2.30. The first-order chi connectivity index (χ1) is 12.1. The molecule has 1 amide bonds. The van der Waals surface area contributed by atoms with Gasteiger partial charge in [-0.05, 0) is 41.6 Å². The first-order valence-corrected chi connectivity index (χ1v) is 8.95. The van der Waals surface area contributed by atoms with E-state index in [1.807, 2.05) is 30.3 Å². The molecule has 1 N–H and O–H groups in total. The highest BCUT2D eigenvalue weighted by molar-refractivity contribution is 8.00. The largest absolute Gasteiger partial charge is 0.324 e. The van der Waals surface area contributed by atoms with Gasteiger partial charge in [0.05, 0.1) is 26.7 Å². The van der Waals surface area contributed by atoms with Crippen molar-refractivity contribution >= 4 is 46.6 Å². The average Bonchev–Trinajstić information content (AvgIpc) is 3.07. The van der Waals surface area contributed by atoms with Gasteiger partial charge in [0.15, 0.2) is 0 Å². The normalized spacial score (nSPS) is 12.0. The van der Waals surface area contributed by atoms with E-state index in [1.54, 1.807) is 29.8 Å². The van der Waals surface area contributed by atoms with E-state index in [-0.39, 0.29) is 5.91 Å². The Morgan fingerprint density at radius 2 is 1.92 bits per heavy atom. The first kappa shape index (κ1) is 17.7. The number of amides is 1. The molecule has 1 heterocycles. The van der Waals surface area contributed by atoms with E-state index in [9.17, 15) is 4.79 Å². The monoisotopic (exact) mass is 393 g/mol. The number of hydrogen-bond donors (Lipinski definition) is 1. The van der Waals surface area contributed by atoms with Crippen LogP contribution in [-0.2, 0) is 4.79 Å². The summed E-state index contributed by atoms with van der Waals surface area (Å²) in [5.74, 6) is -0.225. The van der Waals surface area contributed by atoms with Gasteiger partial charge in [0.1, 0.15) is 0 Å². The number of aromatic nitrogens is 4. The lowest BCUT2D eigenvalue weighted by Gasteiger charge is -2.13. The third kappa shape index (κ3) is 4.12. The van der Waals surface area contributed by atoms with Gasteiger partial charge in [0.25, 0.3) is 0 Å². The molecule has 128 valence electrons. The second-order valence-electron chi connectivity index (χ2n) is 5.06. The van der Waals surface area contributed by atoms with Crippen molar-refractivity contribution in [2.24, 2.45) is 0 Å². The van der Waals surface area contributed by atoms with E-state index < -0.39 is 5.25 Å². The number of anilines is 1. The lowest BCUT2D eigenvalue weighted by molar-refractivity contribution is -0.115. The fourth-order valence-electron chi connectivity index (χ4n) is 2.03. The summed E-state index contributed by atoms with van der Waals surface area (Å²) < 4.78 is 1.58. The van der Waals surface area contributed by atoms with Crippen molar-refractivity contribution in [1.82, 2.24) is 20.2 Å². The molecule has 2 aromatic carbocycles. The van der Waals surface area contributed by atoms with Gasteiger partial charge < -0.3 is 5.32 Å². The molecule has 1 aromatic heterocycles. The predicted octanol–water partition coefficient (Wildman–Crippen LogP) is 4.09. The minimum Gasteiger partial charge on any atom is -0.324 e. The van der Waals surface area contributed by atoms with Crippen LogP contribution < -0.4 is 5.32 Å². The van der Waals surface area contributed by atoms with Crippen LogP contribution in [0.4, 0.5) is 5.69 Å². The molecule has 3 aromatic rings. The zero-order chi connectivity index (χ0) is 17.8. The molecule has 3 rings (SSSR count). The van der Waals surface area contributed by atoms with Crippen LogP contribution in [-0.4, -0.2) is 31.4 Å². The standard InChI is InChI=1S/C16H13Cl2N5OS/c1-10(15(24)19-13-9-5-8-12(17)14(13)18)25-16-20-21-22-23(16)11-6-3-2-4-7-11/h2-10H,1H3,(H,19,24)/t10-/m1/s1. The molecule has 6 nitrogen and oxygen atoms in total. The van der Waals surface area contributed by atoms with Gasteiger partial charge in [0.2, 0.25) is 11.1 Å². The Hall–Kier alpha value is -2.09. The maximum absolute atomic E-state index is 12.4. The Balaban J connectivity index is 1.73. The summed E-state index contributed by atoms with van der Waals surface area (Å²) >= 11 is 13.3. The second kappa shape index (κ2) is 7.86. The molecule has 0 aliphatic heterocycles. The maximum Gasteiger partial charge on any atom is 0.237 e. The van der Waals surface area contributed by atoms with Crippen LogP contribution in [0.25, 0.3) is 5.69 Å². The zero-order valence-electron chi connectivity index (χ0n) is 13.1. The maximum atomic E-state index is 12.4. The van der Waals surface area contributed by atoms with Gasteiger partial charge in [-0.25, -0.2) is 0 Å². The van der Waals surface area contributed by atoms with Crippen molar-refractivity contribution in [2.45, 2.75) is 17.3 Å². The number of halogens is 2. The summed E-state index contributed by atoms with van der Waals surface area (Å²) in [4.78, 5) is 12.4. The number of rotatable bonds is 5. The molecule has 0 spiro atoms. The van der Waals surface area contributed by atoms with Crippen LogP contribution >= 0.6 is 35.0 Å². The Bertz CT molecular complexity index is 887. The van der Waals surface area contributed by atoms with Crippen molar-refractivity contribution in [3.8, 4) is 5.69 Å². The van der Waals surface area contributed by atoms with Crippen molar-refractivity contribution in [2.75, 3.05) is 5.32 Å². The molecule has 0 unspecified atom stereocenters. The van der Waals surface area contributed by atoms with Crippen LogP contribution in [0.1, 0.15) is 6.92 Å². The van der Waals surface area contributed by atoms with Crippen LogP contribution in [0.15, 0.2) is 53.7 Å². The fourth-order valence-corrected chi connectivity index (χ4v) is 3.19. The summed E-state index contributed by atoms with van der Waals surface area (Å²) in [5.41, 5.74) is 1.29. The van der Waals surface area contributed by atoms with E-state index in [0.717, 1.165) is 5.69 Å². The van der Waals surface area contributed by atoms with Gasteiger partial charge in [-0.15, -0.1) is 5.10 Å². The molecule has 0 saturated heterocycles. The number of benzene rings is 2. The lowest BCUT2D eigenvalue weighted by Crippen LogP contribution is -2.23. The van der Waals surface area contributed by atoms with E-state index in [0.29, 0.717) is 20.9 Å². The van der Waals surface area contributed by atoms with Gasteiger partial charge in [-0.3, -0.25) is 4.79 Å². The summed E-state index contributed by atoms with van der Waals surface area (Å²) in [6, 6.07) is 14.5. The molecule has 0 aliphatic carbocycles. The SMILES string of the molecule is C[C@@H](Sc1nnnn1-c1ccccc1)C(=O)Nc1cccc(Cl)c1Cl. The van der Waals surface area contributed by atoms with E-state index in [4.69, 9.17) is 23.2 Å². The molecule has 0 aliphatic rings. The second-order valence-corrected chi connectivity index (χ2v) is 7.15. The number of thioether (sulfide) groups is 1. The fraction of sp³-hybridized carbons (Fsp3) is 0.125. The summed E-state index contributed by atoms with van der Waals surface area (Å²) in [5, 5.41) is 15.2. The molecular formula is C16H13Cl2N5OS. The van der Waals surface area contributed by atoms with Crippen LogP contribution in [0.2, 0.25) is 10.0 Å². The summed E-state index contributed by atoms with van der Waals surface area (Å²) in [7, 11) is 0.